The first-order valence-corrected chi connectivity index (χ1v) is 17.5. The van der Waals surface area contributed by atoms with Crippen molar-refractivity contribution in [1.29, 1.82) is 0 Å². The number of aliphatic hydroxyl groups is 9. The molecule has 1 amide bonds. The molecule has 51 heavy (non-hydrogen) atoms. The number of aliphatic hydroxyl groups excluding tert-OH is 9. The third-order valence-corrected chi connectivity index (χ3v) is 8.71. The van der Waals surface area contributed by atoms with Gasteiger partial charge in [-0.15, -0.1) is 0 Å². The Kier molecular flexibility index (Phi) is 21.1. The van der Waals surface area contributed by atoms with Crippen LogP contribution in [0.2, 0.25) is 0 Å². The topological polar surface area (TPSA) is 270 Å². The minimum Gasteiger partial charge on any atom is -0.394 e. The van der Waals surface area contributed by atoms with Gasteiger partial charge in [0.15, 0.2) is 0 Å². The quantitative estimate of drug-likeness (QED) is 0.0325. The van der Waals surface area contributed by atoms with Crippen LogP contribution in [0.5, 0.6) is 0 Å². The lowest BCUT2D eigenvalue weighted by Crippen LogP contribution is -2.53. The Morgan fingerprint density at radius 1 is 0.686 bits per heavy atom. The van der Waals surface area contributed by atoms with Crippen molar-refractivity contribution < 1.29 is 55.5 Å². The second kappa shape index (κ2) is 24.4. The lowest BCUT2D eigenvalue weighted by molar-refractivity contribution is -0.130. The first kappa shape index (κ1) is 44.3. The molecule has 0 radical (unpaired) electrons. The molecule has 8 atom stereocenters. The van der Waals surface area contributed by atoms with Crippen LogP contribution in [0.3, 0.4) is 0 Å². The molecule has 0 aliphatic heterocycles. The highest BCUT2D eigenvalue weighted by Gasteiger charge is 2.34. The number of aldehydes is 1. The van der Waals surface area contributed by atoms with Gasteiger partial charge in [-0.2, -0.15) is 0 Å². The number of benzene rings is 2. The zero-order valence-corrected chi connectivity index (χ0v) is 29.1. The summed E-state index contributed by atoms with van der Waals surface area (Å²) in [6, 6.07) is 16.9. The first-order valence-electron chi connectivity index (χ1n) is 17.5. The van der Waals surface area contributed by atoms with Crippen molar-refractivity contribution in [3.8, 4) is 11.1 Å². The fourth-order valence-corrected chi connectivity index (χ4v) is 5.48. The zero-order valence-electron chi connectivity index (χ0n) is 29.1. The van der Waals surface area contributed by atoms with Crippen molar-refractivity contribution in [2.24, 2.45) is 5.73 Å². The summed E-state index contributed by atoms with van der Waals surface area (Å²) >= 11 is 0. The lowest BCUT2D eigenvalue weighted by Gasteiger charge is -2.33. The van der Waals surface area contributed by atoms with E-state index in [2.05, 4.69) is 59.2 Å². The van der Waals surface area contributed by atoms with Gasteiger partial charge in [0, 0.05) is 39.1 Å². The summed E-state index contributed by atoms with van der Waals surface area (Å²) in [4.78, 5) is 24.4. The van der Waals surface area contributed by atoms with Crippen molar-refractivity contribution in [3.63, 3.8) is 0 Å². The van der Waals surface area contributed by atoms with Crippen LogP contribution in [0.25, 0.3) is 11.1 Å². The van der Waals surface area contributed by atoms with E-state index >= 15 is 0 Å². The maximum Gasteiger partial charge on any atom is 0.233 e. The highest BCUT2D eigenvalue weighted by molar-refractivity contribution is 5.77. The van der Waals surface area contributed by atoms with E-state index in [1.165, 1.54) is 10.5 Å². The summed E-state index contributed by atoms with van der Waals surface area (Å²) in [5, 5.41) is 95.8. The fraction of sp³-hybridized carbons (Fsp3) is 0.611. The molecule has 13 N–H and O–H groups in total. The molecule has 0 heterocycles. The molecular weight excluding hydrogens is 664 g/mol. The van der Waals surface area contributed by atoms with Gasteiger partial charge in [-0.1, -0.05) is 48.5 Å². The van der Waals surface area contributed by atoms with Crippen molar-refractivity contribution >= 4 is 12.2 Å². The molecule has 2 aromatic rings. The molecular formula is C36H58N4O11. The van der Waals surface area contributed by atoms with Gasteiger partial charge in [-0.25, -0.2) is 0 Å². The molecule has 0 spiro atoms. The second-order valence-corrected chi connectivity index (χ2v) is 12.8. The molecule has 0 fully saturated rings. The molecule has 2 rings (SSSR count). The normalized spacial score (nSPS) is 16.5. The molecule has 0 unspecified atom stereocenters. The predicted octanol–water partition coefficient (Wildman–Crippen LogP) is -2.96. The van der Waals surface area contributed by atoms with Crippen LogP contribution in [0, 0.1) is 0 Å². The predicted molar refractivity (Wildman–Crippen MR) is 190 cm³/mol. The molecule has 15 nitrogen and oxygen atoms in total. The molecule has 0 aliphatic carbocycles. The van der Waals surface area contributed by atoms with E-state index in [1.54, 1.807) is 0 Å². The molecule has 15 heteroatoms. The average Bonchev–Trinajstić information content (AvgIpc) is 3.14. The third kappa shape index (κ3) is 16.1. The number of nitrogens with zero attached hydrogens (tertiary/aromatic N) is 1. The molecule has 0 bridgehead atoms. The number of unbranched alkanes of at least 4 members (excludes halogenated alkanes) is 1. The fourth-order valence-electron chi connectivity index (χ4n) is 5.48. The number of nitrogens with two attached hydrogens (primary N) is 1. The minimum atomic E-state index is -1.89. The highest BCUT2D eigenvalue weighted by atomic mass is 16.4. The number of carbonyl (C=O) groups is 2. The van der Waals surface area contributed by atoms with Gasteiger partial charge in [0.2, 0.25) is 5.91 Å². The van der Waals surface area contributed by atoms with Crippen LogP contribution < -0.4 is 16.4 Å². The minimum absolute atomic E-state index is 0.0431. The molecule has 288 valence electrons. The number of aryl methyl sites for hydroxylation is 2. The SMILES string of the molecule is NCCCCc1ccc(-c2ccc(CCCNC(=O)CNCCN(C[C@H](O)[C@@H](O)[C@H](O)[C@H](O)CO)C[C@H](O)[C@@H](O)[C@H](O)[C@H](O)CC=O)cc2)cc1. The lowest BCUT2D eigenvalue weighted by atomic mass is 10.00. The molecule has 2 aromatic carbocycles. The van der Waals surface area contributed by atoms with Crippen LogP contribution in [-0.4, -0.2) is 164 Å². The average molecular weight is 723 g/mol. The maximum atomic E-state index is 12.4. The second-order valence-electron chi connectivity index (χ2n) is 12.8. The zero-order chi connectivity index (χ0) is 37.8. The molecule has 0 saturated carbocycles. The van der Waals surface area contributed by atoms with Crippen molar-refractivity contribution in [1.82, 2.24) is 15.5 Å². The summed E-state index contributed by atoms with van der Waals surface area (Å²) in [5.41, 5.74) is 10.3. The van der Waals surface area contributed by atoms with Crippen molar-refractivity contribution in [2.45, 2.75) is 87.4 Å². The van der Waals surface area contributed by atoms with Gasteiger partial charge in [0.1, 0.15) is 36.8 Å². The first-order chi connectivity index (χ1) is 24.4. The maximum absolute atomic E-state index is 12.4. The Bertz CT molecular complexity index is 1240. The number of hydrogen-bond acceptors (Lipinski definition) is 14. The van der Waals surface area contributed by atoms with E-state index in [1.807, 2.05) is 0 Å². The molecule has 0 saturated heterocycles. The summed E-state index contributed by atoms with van der Waals surface area (Å²) in [7, 11) is 0. The van der Waals surface area contributed by atoms with Crippen LogP contribution in [0.4, 0.5) is 0 Å². The highest BCUT2D eigenvalue weighted by Crippen LogP contribution is 2.21. The van der Waals surface area contributed by atoms with E-state index in [9.17, 15) is 50.4 Å². The smallest absolute Gasteiger partial charge is 0.233 e. The largest absolute Gasteiger partial charge is 0.394 e. The van der Waals surface area contributed by atoms with E-state index in [4.69, 9.17) is 10.8 Å². The Morgan fingerprint density at radius 3 is 1.67 bits per heavy atom. The standard InChI is InChI=1S/C36H58N4O11/c37-15-2-1-4-24-6-10-26(11-7-24)27-12-8-25(9-13-27)5-3-16-39-32(47)20-38-17-18-40(22-30(45)35(50)36(51)31(46)23-42)21-29(44)34(49)33(48)28(43)14-19-41/h6-13,19,28-31,33-36,38,42-46,48-51H,1-5,14-18,20-23,37H2,(H,39,47)/t28-,29+,30+,31-,33-,34-,35-,36-/m1/s1. The summed E-state index contributed by atoms with van der Waals surface area (Å²) in [6.07, 6.45) is -9.74. The van der Waals surface area contributed by atoms with Gasteiger partial charge < -0.3 is 67.1 Å². The van der Waals surface area contributed by atoms with Crippen molar-refractivity contribution in [3.05, 3.63) is 59.7 Å². The van der Waals surface area contributed by atoms with Crippen LogP contribution in [0.1, 0.15) is 36.8 Å². The van der Waals surface area contributed by atoms with Crippen LogP contribution in [0.15, 0.2) is 48.5 Å². The van der Waals surface area contributed by atoms with Gasteiger partial charge in [0.25, 0.3) is 0 Å². The number of rotatable bonds is 27. The monoisotopic (exact) mass is 722 g/mol. The van der Waals surface area contributed by atoms with Gasteiger partial charge in [-0.05, 0) is 60.9 Å². The van der Waals surface area contributed by atoms with Crippen LogP contribution in [-0.2, 0) is 22.4 Å². The number of hydrogen-bond donors (Lipinski definition) is 12. The van der Waals surface area contributed by atoms with Gasteiger partial charge >= 0.3 is 0 Å². The summed E-state index contributed by atoms with van der Waals surface area (Å²) in [5.74, 6) is -0.261. The summed E-state index contributed by atoms with van der Waals surface area (Å²) in [6.45, 7) is -0.374. The van der Waals surface area contributed by atoms with E-state index in [-0.39, 0.29) is 25.5 Å². The Balaban J connectivity index is 1.80. The Labute approximate surface area is 299 Å². The van der Waals surface area contributed by atoms with E-state index in [0.717, 1.165) is 48.8 Å². The van der Waals surface area contributed by atoms with Gasteiger partial charge in [-0.3, -0.25) is 9.69 Å². The third-order valence-electron chi connectivity index (χ3n) is 8.71. The van der Waals surface area contributed by atoms with Gasteiger partial charge in [0.05, 0.1) is 31.5 Å². The summed E-state index contributed by atoms with van der Waals surface area (Å²) < 4.78 is 0. The number of carbonyl (C=O) groups excluding carboxylic acids is 2. The molecule has 0 aromatic heterocycles. The van der Waals surface area contributed by atoms with Crippen molar-refractivity contribution in [2.75, 3.05) is 52.4 Å². The number of nitrogens with one attached hydrogen (secondary N) is 2. The van der Waals surface area contributed by atoms with E-state index < -0.39 is 74.9 Å². The molecule has 0 aliphatic rings. The van der Waals surface area contributed by atoms with E-state index in [0.29, 0.717) is 19.4 Å². The Hall–Kier alpha value is -2.90. The number of amides is 1. The van der Waals surface area contributed by atoms with Crippen LogP contribution >= 0.6 is 0 Å². The Morgan fingerprint density at radius 2 is 1.18 bits per heavy atom.